The zero-order chi connectivity index (χ0) is 21.2. The maximum Gasteiger partial charge on any atom is 0.259 e. The molecule has 6 nitrogen and oxygen atoms in total. The Hall–Kier alpha value is -0.933. The molecule has 0 aliphatic carbocycles. The molecule has 0 N–H and O–H groups in total. The molecule has 0 radical (unpaired) electrons. The van der Waals surface area contributed by atoms with Crippen LogP contribution in [0.25, 0.3) is 10.9 Å². The summed E-state index contributed by atoms with van der Waals surface area (Å²) >= 11 is 3.68. The third-order valence-corrected chi connectivity index (χ3v) is 7.97. The summed E-state index contributed by atoms with van der Waals surface area (Å²) in [6.45, 7) is 13.6. The van der Waals surface area contributed by atoms with Gasteiger partial charge in [0, 0.05) is 53.3 Å². The third-order valence-electron chi connectivity index (χ3n) is 5.68. The van der Waals surface area contributed by atoms with Gasteiger partial charge in [-0.05, 0) is 54.6 Å². The topological polar surface area (TPSA) is 42.6 Å². The minimum Gasteiger partial charge on any atom is -0.361 e. The van der Waals surface area contributed by atoms with Crippen molar-refractivity contribution in [2.45, 2.75) is 45.4 Å². The van der Waals surface area contributed by atoms with E-state index >= 15 is 0 Å². The second-order valence-electron chi connectivity index (χ2n) is 9.50. The molecule has 3 rings (SSSR count). The van der Waals surface area contributed by atoms with Gasteiger partial charge in [-0.3, -0.25) is 9.69 Å². The number of ether oxygens (including phenoxy) is 1. The molecule has 0 atom stereocenters. The first kappa shape index (κ1) is 22.7. The molecule has 0 saturated carbocycles. The molecule has 0 unspecified atom stereocenters. The van der Waals surface area contributed by atoms with Gasteiger partial charge in [0.25, 0.3) is 5.56 Å². The normalized spacial score (nSPS) is 17.2. The van der Waals surface area contributed by atoms with Crippen molar-refractivity contribution in [2.75, 3.05) is 39.8 Å². The Bertz CT molecular complexity index is 903. The van der Waals surface area contributed by atoms with E-state index < -0.39 is 8.07 Å². The summed E-state index contributed by atoms with van der Waals surface area (Å²) in [6, 6.07) is 3.21. The van der Waals surface area contributed by atoms with Crippen molar-refractivity contribution in [1.82, 2.24) is 18.9 Å². The predicted molar refractivity (Wildman–Crippen MR) is 126 cm³/mol. The van der Waals surface area contributed by atoms with Crippen LogP contribution in [0.4, 0.5) is 0 Å². The van der Waals surface area contributed by atoms with Crippen molar-refractivity contribution >= 4 is 34.9 Å². The van der Waals surface area contributed by atoms with Crippen LogP contribution in [0.15, 0.2) is 21.5 Å². The smallest absolute Gasteiger partial charge is 0.259 e. The van der Waals surface area contributed by atoms with E-state index in [1.165, 1.54) is 6.42 Å². The average molecular weight is 484 g/mol. The molecule has 1 aliphatic rings. The SMILES string of the molecule is CN1CCCN(Cc2cc3c(=O)n(C)cc(Br)c3n2COCC[Si](C)(C)C)CC1. The number of nitrogens with zero attached hydrogens (tertiary/aromatic N) is 4. The summed E-state index contributed by atoms with van der Waals surface area (Å²) in [7, 11) is 2.86. The van der Waals surface area contributed by atoms with E-state index in [9.17, 15) is 4.79 Å². The number of pyridine rings is 1. The molecule has 29 heavy (non-hydrogen) atoms. The summed E-state index contributed by atoms with van der Waals surface area (Å²) in [4.78, 5) is 17.7. The number of rotatable bonds is 7. The molecule has 0 aromatic carbocycles. The molecule has 2 aromatic heterocycles. The number of hydrogen-bond donors (Lipinski definition) is 0. The van der Waals surface area contributed by atoms with Crippen molar-refractivity contribution in [3.8, 4) is 0 Å². The molecule has 1 aliphatic heterocycles. The van der Waals surface area contributed by atoms with Gasteiger partial charge in [-0.25, -0.2) is 0 Å². The van der Waals surface area contributed by atoms with E-state index in [2.05, 4.69) is 63.1 Å². The van der Waals surface area contributed by atoms with Gasteiger partial charge in [-0.2, -0.15) is 0 Å². The molecule has 0 spiro atoms. The Morgan fingerprint density at radius 2 is 1.90 bits per heavy atom. The maximum atomic E-state index is 12.8. The van der Waals surface area contributed by atoms with Gasteiger partial charge in [0.2, 0.25) is 0 Å². The highest BCUT2D eigenvalue weighted by molar-refractivity contribution is 9.10. The molecule has 1 fully saturated rings. The summed E-state index contributed by atoms with van der Waals surface area (Å²) in [5.41, 5.74) is 2.14. The molecule has 1 saturated heterocycles. The van der Waals surface area contributed by atoms with Crippen LogP contribution in [0.1, 0.15) is 12.1 Å². The predicted octanol–water partition coefficient (Wildman–Crippen LogP) is 3.55. The van der Waals surface area contributed by atoms with Gasteiger partial charge in [0.15, 0.2) is 0 Å². The van der Waals surface area contributed by atoms with Gasteiger partial charge in [0.1, 0.15) is 6.73 Å². The van der Waals surface area contributed by atoms with Crippen LogP contribution >= 0.6 is 15.9 Å². The monoisotopic (exact) mass is 482 g/mol. The number of fused-ring (bicyclic) bond motifs is 1. The lowest BCUT2D eigenvalue weighted by Crippen LogP contribution is -2.29. The summed E-state index contributed by atoms with van der Waals surface area (Å²) in [5, 5.41) is 0.762. The highest BCUT2D eigenvalue weighted by Crippen LogP contribution is 2.26. The van der Waals surface area contributed by atoms with Crippen LogP contribution in [0.3, 0.4) is 0 Å². The van der Waals surface area contributed by atoms with Crippen LogP contribution in [-0.2, 0) is 25.1 Å². The zero-order valence-corrected chi connectivity index (χ0v) is 21.1. The number of halogens is 1. The second kappa shape index (κ2) is 9.47. The maximum absolute atomic E-state index is 12.8. The lowest BCUT2D eigenvalue weighted by molar-refractivity contribution is 0.0864. The Labute approximate surface area is 183 Å². The summed E-state index contributed by atoms with van der Waals surface area (Å²) < 4.78 is 10.9. The van der Waals surface area contributed by atoms with Crippen molar-refractivity contribution in [2.24, 2.45) is 7.05 Å². The van der Waals surface area contributed by atoms with Crippen molar-refractivity contribution in [3.05, 3.63) is 32.8 Å². The van der Waals surface area contributed by atoms with Crippen LogP contribution in [0.2, 0.25) is 25.7 Å². The fourth-order valence-electron chi connectivity index (χ4n) is 3.80. The summed E-state index contributed by atoms with van der Waals surface area (Å²) in [5.74, 6) is 0. The lowest BCUT2D eigenvalue weighted by Gasteiger charge is -2.22. The molecule has 2 aromatic rings. The number of hydrogen-bond acceptors (Lipinski definition) is 4. The minimum absolute atomic E-state index is 0.0425. The van der Waals surface area contributed by atoms with Gasteiger partial charge in [0.05, 0.1) is 15.4 Å². The molecule has 8 heteroatoms. The fourth-order valence-corrected chi connectivity index (χ4v) is 5.29. The van der Waals surface area contributed by atoms with Crippen LogP contribution in [0, 0.1) is 0 Å². The molecule has 162 valence electrons. The van der Waals surface area contributed by atoms with Crippen LogP contribution in [-0.4, -0.2) is 66.8 Å². The lowest BCUT2D eigenvalue weighted by atomic mass is 10.3. The largest absolute Gasteiger partial charge is 0.361 e. The molecular formula is C21H35BrN4O2Si. The highest BCUT2D eigenvalue weighted by atomic mass is 79.9. The standard InChI is InChI=1S/C21H35BrN4O2Si/c1-23-7-6-8-25(10-9-23)14-17-13-18-20(19(22)15-24(2)21(18)27)26(17)16-28-11-12-29(3,4)5/h13,15H,6-12,14,16H2,1-5H3. The van der Waals surface area contributed by atoms with Gasteiger partial charge in [-0.1, -0.05) is 19.6 Å². The first-order valence-corrected chi connectivity index (χ1v) is 15.0. The number of aryl methyl sites for hydroxylation is 1. The van der Waals surface area contributed by atoms with Gasteiger partial charge >= 0.3 is 0 Å². The first-order chi connectivity index (χ1) is 13.7. The average Bonchev–Trinajstić information content (AvgIpc) is 2.86. The first-order valence-electron chi connectivity index (χ1n) is 10.5. The quantitative estimate of drug-likeness (QED) is 0.446. The Balaban J connectivity index is 1.89. The molecule has 3 heterocycles. The van der Waals surface area contributed by atoms with E-state index in [1.807, 2.05) is 6.20 Å². The molecular weight excluding hydrogens is 448 g/mol. The molecule has 0 bridgehead atoms. The Morgan fingerprint density at radius 3 is 2.62 bits per heavy atom. The van der Waals surface area contributed by atoms with Gasteiger partial charge in [-0.15, -0.1) is 0 Å². The van der Waals surface area contributed by atoms with Gasteiger partial charge < -0.3 is 18.8 Å². The third kappa shape index (κ3) is 5.82. The summed E-state index contributed by atoms with van der Waals surface area (Å²) in [6.07, 6.45) is 3.03. The Morgan fingerprint density at radius 1 is 1.14 bits per heavy atom. The van der Waals surface area contributed by atoms with E-state index in [4.69, 9.17) is 4.74 Å². The van der Waals surface area contributed by atoms with E-state index in [0.29, 0.717) is 6.73 Å². The fraction of sp³-hybridized carbons (Fsp3) is 0.667. The van der Waals surface area contributed by atoms with Crippen molar-refractivity contribution in [3.63, 3.8) is 0 Å². The van der Waals surface area contributed by atoms with E-state index in [-0.39, 0.29) is 5.56 Å². The minimum atomic E-state index is -1.13. The van der Waals surface area contributed by atoms with Crippen molar-refractivity contribution < 1.29 is 4.74 Å². The van der Waals surface area contributed by atoms with E-state index in [0.717, 1.165) is 66.4 Å². The van der Waals surface area contributed by atoms with Crippen LogP contribution in [0.5, 0.6) is 0 Å². The number of likely N-dealkylation sites (N-methyl/N-ethyl adjacent to an activating group) is 1. The Kier molecular flexibility index (Phi) is 7.43. The van der Waals surface area contributed by atoms with Crippen molar-refractivity contribution in [1.29, 1.82) is 0 Å². The molecule has 0 amide bonds. The van der Waals surface area contributed by atoms with E-state index in [1.54, 1.807) is 11.6 Å². The second-order valence-corrected chi connectivity index (χ2v) is 16.0. The zero-order valence-electron chi connectivity index (χ0n) is 18.5. The highest BCUT2D eigenvalue weighted by Gasteiger charge is 2.20. The number of aromatic nitrogens is 2. The van der Waals surface area contributed by atoms with Crippen LogP contribution < -0.4 is 5.56 Å².